The summed E-state index contributed by atoms with van der Waals surface area (Å²) in [6.45, 7) is 1.97. The monoisotopic (exact) mass is 329 g/mol. The van der Waals surface area contributed by atoms with Crippen LogP contribution in [0.25, 0.3) is 6.08 Å². The van der Waals surface area contributed by atoms with Crippen molar-refractivity contribution in [3.8, 4) is 0 Å². The minimum atomic E-state index is -3.57. The van der Waals surface area contributed by atoms with Gasteiger partial charge in [0.2, 0.25) is 10.0 Å². The molecular formula is C18H19NO3S. The summed E-state index contributed by atoms with van der Waals surface area (Å²) in [5.74, 6) is -0.125. The fourth-order valence-electron chi connectivity index (χ4n) is 1.95. The van der Waals surface area contributed by atoms with Gasteiger partial charge in [-0.1, -0.05) is 54.1 Å². The van der Waals surface area contributed by atoms with E-state index in [1.807, 2.05) is 37.3 Å². The maximum Gasteiger partial charge on any atom is 0.240 e. The second-order valence-corrected chi connectivity index (χ2v) is 6.94. The van der Waals surface area contributed by atoms with Gasteiger partial charge in [-0.2, -0.15) is 0 Å². The van der Waals surface area contributed by atoms with Gasteiger partial charge in [0, 0.05) is 13.0 Å². The van der Waals surface area contributed by atoms with Gasteiger partial charge in [0.25, 0.3) is 0 Å². The van der Waals surface area contributed by atoms with E-state index in [4.69, 9.17) is 0 Å². The SMILES string of the molecule is Cc1ccc(S(=O)(=O)NCCC(=O)/C=C/c2ccccc2)cc1. The van der Waals surface area contributed by atoms with Gasteiger partial charge in [-0.15, -0.1) is 0 Å². The highest BCUT2D eigenvalue weighted by Gasteiger charge is 2.13. The van der Waals surface area contributed by atoms with Crippen LogP contribution >= 0.6 is 0 Å². The number of carbonyl (C=O) groups excluding carboxylic acids is 1. The van der Waals surface area contributed by atoms with Gasteiger partial charge in [-0.3, -0.25) is 4.79 Å². The molecule has 0 fully saturated rings. The minimum absolute atomic E-state index is 0.0776. The molecule has 0 aliphatic carbocycles. The van der Waals surface area contributed by atoms with Crippen LogP contribution in [0.1, 0.15) is 17.5 Å². The van der Waals surface area contributed by atoms with E-state index in [2.05, 4.69) is 4.72 Å². The molecule has 0 amide bonds. The lowest BCUT2D eigenvalue weighted by Crippen LogP contribution is -2.26. The van der Waals surface area contributed by atoms with Crippen molar-refractivity contribution in [3.05, 3.63) is 71.8 Å². The molecule has 2 aromatic carbocycles. The molecule has 4 nitrogen and oxygen atoms in total. The number of aryl methyl sites for hydroxylation is 1. The summed E-state index contributed by atoms with van der Waals surface area (Å²) < 4.78 is 26.6. The topological polar surface area (TPSA) is 63.2 Å². The predicted octanol–water partition coefficient (Wildman–Crippen LogP) is 2.95. The first-order chi connectivity index (χ1) is 11.0. The Morgan fingerprint density at radius 1 is 1.04 bits per heavy atom. The highest BCUT2D eigenvalue weighted by molar-refractivity contribution is 7.89. The van der Waals surface area contributed by atoms with E-state index in [1.54, 1.807) is 30.3 Å². The van der Waals surface area contributed by atoms with Crippen LogP contribution in [0.4, 0.5) is 0 Å². The number of rotatable bonds is 7. The standard InChI is InChI=1S/C18H19NO3S/c1-15-7-11-18(12-8-15)23(21,22)19-14-13-17(20)10-9-16-5-3-2-4-6-16/h2-12,19H,13-14H2,1H3/b10-9+. The summed E-state index contributed by atoms with van der Waals surface area (Å²) in [7, 11) is -3.57. The maximum atomic E-state index is 12.1. The number of ketones is 1. The lowest BCUT2D eigenvalue weighted by atomic mass is 10.2. The van der Waals surface area contributed by atoms with Gasteiger partial charge in [0.05, 0.1) is 4.90 Å². The van der Waals surface area contributed by atoms with E-state index < -0.39 is 10.0 Å². The van der Waals surface area contributed by atoms with E-state index in [0.29, 0.717) is 0 Å². The minimum Gasteiger partial charge on any atom is -0.295 e. The molecule has 0 aliphatic rings. The van der Waals surface area contributed by atoms with Gasteiger partial charge in [0.15, 0.2) is 5.78 Å². The molecular weight excluding hydrogens is 310 g/mol. The molecule has 0 bridgehead atoms. The van der Waals surface area contributed by atoms with Crippen molar-refractivity contribution in [2.75, 3.05) is 6.54 Å². The summed E-state index contributed by atoms with van der Waals surface area (Å²) in [4.78, 5) is 12.0. The Labute approximate surface area is 136 Å². The zero-order chi connectivity index (χ0) is 16.7. The molecule has 0 saturated heterocycles. The first kappa shape index (κ1) is 17.1. The van der Waals surface area contributed by atoms with Crippen molar-refractivity contribution in [3.63, 3.8) is 0 Å². The largest absolute Gasteiger partial charge is 0.295 e. The van der Waals surface area contributed by atoms with Crippen LogP contribution in [0.15, 0.2) is 65.6 Å². The molecule has 1 N–H and O–H groups in total. The third kappa shape index (κ3) is 5.47. The second-order valence-electron chi connectivity index (χ2n) is 5.17. The van der Waals surface area contributed by atoms with Crippen molar-refractivity contribution in [1.82, 2.24) is 4.72 Å². The Kier molecular flexibility index (Phi) is 5.84. The van der Waals surface area contributed by atoms with E-state index in [-0.39, 0.29) is 23.6 Å². The molecule has 2 aromatic rings. The highest BCUT2D eigenvalue weighted by Crippen LogP contribution is 2.09. The van der Waals surface area contributed by atoms with Gasteiger partial charge >= 0.3 is 0 Å². The highest BCUT2D eigenvalue weighted by atomic mass is 32.2. The second kappa shape index (κ2) is 7.85. The first-order valence-electron chi connectivity index (χ1n) is 7.30. The van der Waals surface area contributed by atoms with Crippen molar-refractivity contribution < 1.29 is 13.2 Å². The Morgan fingerprint density at radius 3 is 2.35 bits per heavy atom. The Bertz CT molecular complexity index is 779. The molecule has 0 atom stereocenters. The molecule has 120 valence electrons. The predicted molar refractivity (Wildman–Crippen MR) is 91.5 cm³/mol. The van der Waals surface area contributed by atoms with Crippen molar-refractivity contribution in [2.24, 2.45) is 0 Å². The number of benzene rings is 2. The lowest BCUT2D eigenvalue weighted by molar-refractivity contribution is -0.114. The number of hydrogen-bond donors (Lipinski definition) is 1. The number of sulfonamides is 1. The van der Waals surface area contributed by atoms with Gasteiger partial charge < -0.3 is 0 Å². The molecule has 23 heavy (non-hydrogen) atoms. The van der Waals surface area contributed by atoms with E-state index in [1.165, 1.54) is 6.08 Å². The van der Waals surface area contributed by atoms with Crippen LogP contribution in [-0.4, -0.2) is 20.7 Å². The summed E-state index contributed by atoms with van der Waals surface area (Å²) in [5, 5.41) is 0. The molecule has 0 spiro atoms. The molecule has 0 heterocycles. The van der Waals surface area contributed by atoms with Crippen LogP contribution in [0.2, 0.25) is 0 Å². The van der Waals surface area contributed by atoms with E-state index in [0.717, 1.165) is 11.1 Å². The summed E-state index contributed by atoms with van der Waals surface area (Å²) >= 11 is 0. The maximum absolute atomic E-state index is 12.1. The van der Waals surface area contributed by atoms with Crippen molar-refractivity contribution in [1.29, 1.82) is 0 Å². The summed E-state index contributed by atoms with van der Waals surface area (Å²) in [6, 6.07) is 16.0. The van der Waals surface area contributed by atoms with Gasteiger partial charge in [0.1, 0.15) is 0 Å². The van der Waals surface area contributed by atoms with Crippen LogP contribution in [0.5, 0.6) is 0 Å². The van der Waals surface area contributed by atoms with E-state index >= 15 is 0 Å². The Morgan fingerprint density at radius 2 is 1.70 bits per heavy atom. The lowest BCUT2D eigenvalue weighted by Gasteiger charge is -2.06. The van der Waals surface area contributed by atoms with E-state index in [9.17, 15) is 13.2 Å². The normalized spacial score (nSPS) is 11.7. The number of hydrogen-bond acceptors (Lipinski definition) is 3. The Balaban J connectivity index is 1.85. The third-order valence-corrected chi connectivity index (χ3v) is 4.73. The fourth-order valence-corrected chi connectivity index (χ4v) is 2.98. The van der Waals surface area contributed by atoms with Crippen molar-refractivity contribution in [2.45, 2.75) is 18.2 Å². The van der Waals surface area contributed by atoms with Crippen LogP contribution < -0.4 is 4.72 Å². The third-order valence-electron chi connectivity index (χ3n) is 3.26. The fraction of sp³-hybridized carbons (Fsp3) is 0.167. The molecule has 5 heteroatoms. The Hall–Kier alpha value is -2.24. The number of carbonyl (C=O) groups is 1. The van der Waals surface area contributed by atoms with Crippen LogP contribution in [0.3, 0.4) is 0 Å². The smallest absolute Gasteiger partial charge is 0.240 e. The molecule has 2 rings (SSSR count). The molecule has 0 saturated carbocycles. The zero-order valence-electron chi connectivity index (χ0n) is 12.9. The van der Waals surface area contributed by atoms with Crippen molar-refractivity contribution >= 4 is 21.9 Å². The zero-order valence-corrected chi connectivity index (χ0v) is 13.7. The van der Waals surface area contributed by atoms with Crippen LogP contribution in [0, 0.1) is 6.92 Å². The molecule has 0 unspecified atom stereocenters. The molecule has 0 aromatic heterocycles. The summed E-state index contributed by atoms with van der Waals surface area (Å²) in [5.41, 5.74) is 1.92. The summed E-state index contributed by atoms with van der Waals surface area (Å²) in [6.07, 6.45) is 3.31. The quantitative estimate of drug-likeness (QED) is 0.794. The molecule has 0 aliphatic heterocycles. The average Bonchev–Trinajstić information content (AvgIpc) is 2.54. The number of allylic oxidation sites excluding steroid dienone is 1. The average molecular weight is 329 g/mol. The van der Waals surface area contributed by atoms with Gasteiger partial charge in [-0.05, 0) is 30.7 Å². The molecule has 0 radical (unpaired) electrons. The first-order valence-corrected chi connectivity index (χ1v) is 8.78. The van der Waals surface area contributed by atoms with Gasteiger partial charge in [-0.25, -0.2) is 13.1 Å². The van der Waals surface area contributed by atoms with Crippen LogP contribution in [-0.2, 0) is 14.8 Å². The number of nitrogens with one attached hydrogen (secondary N) is 1.